The van der Waals surface area contributed by atoms with Gasteiger partial charge in [-0.1, -0.05) is 10.4 Å². The molecule has 0 aliphatic carbocycles. The second-order valence-corrected chi connectivity index (χ2v) is 3.56. The Labute approximate surface area is 87.0 Å². The molecular weight excluding hydrogens is 194 g/mol. The fourth-order valence-electron chi connectivity index (χ4n) is 1.25. The SMILES string of the molecule is Cc1cc(Cn2cc(C(C)N)nn2)on1. The Morgan fingerprint density at radius 1 is 1.60 bits per heavy atom. The number of hydrogen-bond acceptors (Lipinski definition) is 5. The molecule has 1 unspecified atom stereocenters. The minimum Gasteiger partial charge on any atom is -0.359 e. The molecular formula is C9H13N5O. The first-order chi connectivity index (χ1) is 7.15. The lowest BCUT2D eigenvalue weighted by molar-refractivity contribution is 0.367. The smallest absolute Gasteiger partial charge is 0.158 e. The fourth-order valence-corrected chi connectivity index (χ4v) is 1.25. The van der Waals surface area contributed by atoms with E-state index in [0.29, 0.717) is 6.54 Å². The molecule has 1 atom stereocenters. The van der Waals surface area contributed by atoms with Crippen molar-refractivity contribution < 1.29 is 4.52 Å². The summed E-state index contributed by atoms with van der Waals surface area (Å²) in [5.41, 5.74) is 7.30. The van der Waals surface area contributed by atoms with E-state index < -0.39 is 0 Å². The zero-order valence-electron chi connectivity index (χ0n) is 8.71. The van der Waals surface area contributed by atoms with Crippen LogP contribution in [0.15, 0.2) is 16.8 Å². The number of aromatic nitrogens is 4. The highest BCUT2D eigenvalue weighted by molar-refractivity contribution is 5.04. The lowest BCUT2D eigenvalue weighted by Gasteiger charge is -1.96. The molecule has 0 amide bonds. The molecule has 0 bridgehead atoms. The largest absolute Gasteiger partial charge is 0.359 e. The highest BCUT2D eigenvalue weighted by atomic mass is 16.5. The van der Waals surface area contributed by atoms with Crippen molar-refractivity contribution >= 4 is 0 Å². The van der Waals surface area contributed by atoms with Crippen LogP contribution < -0.4 is 5.73 Å². The second-order valence-electron chi connectivity index (χ2n) is 3.56. The van der Waals surface area contributed by atoms with Gasteiger partial charge in [0.1, 0.15) is 6.54 Å². The van der Waals surface area contributed by atoms with Gasteiger partial charge in [-0.15, -0.1) is 5.10 Å². The Kier molecular flexibility index (Phi) is 2.51. The Morgan fingerprint density at radius 2 is 2.40 bits per heavy atom. The predicted octanol–water partition coefficient (Wildman–Crippen LogP) is 0.643. The minimum atomic E-state index is -0.102. The van der Waals surface area contributed by atoms with Gasteiger partial charge in [0.05, 0.1) is 17.6 Å². The van der Waals surface area contributed by atoms with E-state index >= 15 is 0 Å². The third-order valence-electron chi connectivity index (χ3n) is 2.02. The summed E-state index contributed by atoms with van der Waals surface area (Å²) in [6.07, 6.45) is 1.81. The van der Waals surface area contributed by atoms with Gasteiger partial charge in [-0.2, -0.15) is 0 Å². The van der Waals surface area contributed by atoms with E-state index in [-0.39, 0.29) is 6.04 Å². The average molecular weight is 207 g/mol. The van der Waals surface area contributed by atoms with Crippen molar-refractivity contribution in [1.29, 1.82) is 0 Å². The highest BCUT2D eigenvalue weighted by Gasteiger charge is 2.07. The van der Waals surface area contributed by atoms with E-state index in [1.165, 1.54) is 0 Å². The number of aryl methyl sites for hydroxylation is 1. The van der Waals surface area contributed by atoms with Crippen molar-refractivity contribution in [2.45, 2.75) is 26.4 Å². The second kappa shape index (κ2) is 3.82. The molecule has 6 nitrogen and oxygen atoms in total. The third-order valence-corrected chi connectivity index (χ3v) is 2.02. The normalized spacial score (nSPS) is 13.0. The van der Waals surface area contributed by atoms with E-state index in [4.69, 9.17) is 10.3 Å². The van der Waals surface area contributed by atoms with E-state index in [9.17, 15) is 0 Å². The van der Waals surface area contributed by atoms with Crippen LogP contribution in [-0.4, -0.2) is 20.2 Å². The van der Waals surface area contributed by atoms with Gasteiger partial charge in [-0.3, -0.25) is 0 Å². The molecule has 6 heteroatoms. The van der Waals surface area contributed by atoms with Crippen molar-refractivity contribution in [1.82, 2.24) is 20.2 Å². The number of hydrogen-bond donors (Lipinski definition) is 1. The van der Waals surface area contributed by atoms with Crippen molar-refractivity contribution in [3.8, 4) is 0 Å². The van der Waals surface area contributed by atoms with Crippen molar-refractivity contribution in [2.24, 2.45) is 5.73 Å². The monoisotopic (exact) mass is 207 g/mol. The molecule has 0 saturated heterocycles. The van der Waals surface area contributed by atoms with Gasteiger partial charge in [0, 0.05) is 12.1 Å². The molecule has 15 heavy (non-hydrogen) atoms. The Hall–Kier alpha value is -1.69. The first kappa shape index (κ1) is 9.85. The maximum Gasteiger partial charge on any atom is 0.158 e. The number of nitrogens with zero attached hydrogens (tertiary/aromatic N) is 4. The van der Waals surface area contributed by atoms with E-state index in [0.717, 1.165) is 17.1 Å². The van der Waals surface area contributed by atoms with Crippen LogP contribution >= 0.6 is 0 Å². The lowest BCUT2D eigenvalue weighted by Crippen LogP contribution is -2.05. The van der Waals surface area contributed by atoms with Crippen LogP contribution in [0, 0.1) is 6.92 Å². The Morgan fingerprint density at radius 3 is 2.93 bits per heavy atom. The third kappa shape index (κ3) is 2.21. The molecule has 2 aromatic rings. The molecule has 0 aliphatic heterocycles. The van der Waals surface area contributed by atoms with E-state index in [1.54, 1.807) is 4.68 Å². The highest BCUT2D eigenvalue weighted by Crippen LogP contribution is 2.07. The summed E-state index contributed by atoms with van der Waals surface area (Å²) in [5, 5.41) is 11.7. The van der Waals surface area contributed by atoms with Crippen molar-refractivity contribution in [2.75, 3.05) is 0 Å². The number of rotatable bonds is 3. The zero-order valence-corrected chi connectivity index (χ0v) is 8.71. The molecule has 2 rings (SSSR count). The van der Waals surface area contributed by atoms with Crippen LogP contribution in [0.3, 0.4) is 0 Å². The molecule has 2 aromatic heterocycles. The van der Waals surface area contributed by atoms with Crippen LogP contribution in [0.25, 0.3) is 0 Å². The molecule has 0 spiro atoms. The quantitative estimate of drug-likeness (QED) is 0.798. The fraction of sp³-hybridized carbons (Fsp3) is 0.444. The van der Waals surface area contributed by atoms with E-state index in [1.807, 2.05) is 26.1 Å². The Bertz CT molecular complexity index is 445. The predicted molar refractivity (Wildman–Crippen MR) is 53.0 cm³/mol. The maximum absolute atomic E-state index is 5.67. The van der Waals surface area contributed by atoms with Crippen molar-refractivity contribution in [3.63, 3.8) is 0 Å². The topological polar surface area (TPSA) is 82.8 Å². The zero-order chi connectivity index (χ0) is 10.8. The molecule has 2 heterocycles. The first-order valence-corrected chi connectivity index (χ1v) is 4.73. The van der Waals surface area contributed by atoms with Crippen LogP contribution in [-0.2, 0) is 6.54 Å². The van der Waals surface area contributed by atoms with Gasteiger partial charge in [0.25, 0.3) is 0 Å². The summed E-state index contributed by atoms with van der Waals surface area (Å²) < 4.78 is 6.75. The summed E-state index contributed by atoms with van der Waals surface area (Å²) in [4.78, 5) is 0. The van der Waals surface area contributed by atoms with Gasteiger partial charge in [-0.25, -0.2) is 4.68 Å². The maximum atomic E-state index is 5.67. The van der Waals surface area contributed by atoms with Crippen LogP contribution in [0.1, 0.15) is 30.1 Å². The van der Waals surface area contributed by atoms with Gasteiger partial charge in [0.15, 0.2) is 5.76 Å². The van der Waals surface area contributed by atoms with Gasteiger partial charge >= 0.3 is 0 Å². The molecule has 0 saturated carbocycles. The van der Waals surface area contributed by atoms with Crippen LogP contribution in [0.2, 0.25) is 0 Å². The summed E-state index contributed by atoms with van der Waals surface area (Å²) in [6.45, 7) is 4.27. The lowest BCUT2D eigenvalue weighted by atomic mass is 10.3. The van der Waals surface area contributed by atoms with Crippen molar-refractivity contribution in [3.05, 3.63) is 29.4 Å². The van der Waals surface area contributed by atoms with Crippen LogP contribution in [0.5, 0.6) is 0 Å². The molecule has 2 N–H and O–H groups in total. The van der Waals surface area contributed by atoms with Crippen LogP contribution in [0.4, 0.5) is 0 Å². The summed E-state index contributed by atoms with van der Waals surface area (Å²) in [5.74, 6) is 0.758. The van der Waals surface area contributed by atoms with Gasteiger partial charge in [0.2, 0.25) is 0 Å². The van der Waals surface area contributed by atoms with Gasteiger partial charge in [-0.05, 0) is 13.8 Å². The molecule has 0 aliphatic rings. The summed E-state index contributed by atoms with van der Waals surface area (Å²) in [6, 6.07) is 1.77. The molecule has 0 fully saturated rings. The molecule has 0 aromatic carbocycles. The standard InChI is InChI=1S/C9H13N5O/c1-6-3-8(15-12-6)4-14-5-9(7(2)10)11-13-14/h3,5,7H,4,10H2,1-2H3. The summed E-state index contributed by atoms with van der Waals surface area (Å²) in [7, 11) is 0. The van der Waals surface area contributed by atoms with Gasteiger partial charge < -0.3 is 10.3 Å². The molecule has 0 radical (unpaired) electrons. The average Bonchev–Trinajstić information content (AvgIpc) is 2.76. The number of nitrogens with two attached hydrogens (primary N) is 1. The Balaban J connectivity index is 2.11. The van der Waals surface area contributed by atoms with E-state index in [2.05, 4.69) is 15.5 Å². The summed E-state index contributed by atoms with van der Waals surface area (Å²) >= 11 is 0. The molecule has 80 valence electrons. The minimum absolute atomic E-state index is 0.102. The first-order valence-electron chi connectivity index (χ1n) is 4.73.